The first-order valence-electron chi connectivity index (χ1n) is 8.91. The molecule has 1 aromatic heterocycles. The largest absolute Gasteiger partial charge is 0.383 e. The molecule has 0 saturated carbocycles. The number of likely N-dealkylation sites (tertiary alicyclic amines) is 1. The lowest BCUT2D eigenvalue weighted by Crippen LogP contribution is -2.46. The molecule has 2 N–H and O–H groups in total. The van der Waals surface area contributed by atoms with E-state index >= 15 is 0 Å². The molecule has 0 aliphatic carbocycles. The molecule has 0 radical (unpaired) electrons. The number of H-pyrrole nitrogens is 1. The highest BCUT2D eigenvalue weighted by Crippen LogP contribution is 2.23. The molecule has 1 unspecified atom stereocenters. The minimum atomic E-state index is -0.203. The molecule has 1 saturated heterocycles. The second-order valence-corrected chi connectivity index (χ2v) is 7.00. The molecule has 8 heteroatoms. The predicted molar refractivity (Wildman–Crippen MR) is 102 cm³/mol. The summed E-state index contributed by atoms with van der Waals surface area (Å²) >= 11 is 5.94. The van der Waals surface area contributed by atoms with E-state index in [-0.39, 0.29) is 17.7 Å². The third-order valence-electron chi connectivity index (χ3n) is 4.74. The first kappa shape index (κ1) is 19.4. The fourth-order valence-corrected chi connectivity index (χ4v) is 3.31. The van der Waals surface area contributed by atoms with Gasteiger partial charge in [0, 0.05) is 43.8 Å². The molecule has 144 valence electrons. The molecule has 1 aliphatic heterocycles. The minimum Gasteiger partial charge on any atom is -0.383 e. The van der Waals surface area contributed by atoms with E-state index in [4.69, 9.17) is 16.3 Å². The van der Waals surface area contributed by atoms with E-state index in [9.17, 15) is 9.59 Å². The number of aromatic nitrogens is 2. The van der Waals surface area contributed by atoms with E-state index in [2.05, 4.69) is 15.5 Å². The van der Waals surface area contributed by atoms with Gasteiger partial charge in [-0.2, -0.15) is 5.10 Å². The van der Waals surface area contributed by atoms with Gasteiger partial charge in [-0.1, -0.05) is 23.7 Å². The Morgan fingerprint density at radius 3 is 2.93 bits per heavy atom. The number of carbonyl (C=O) groups is 2. The topological polar surface area (TPSA) is 87.3 Å². The van der Waals surface area contributed by atoms with Crippen LogP contribution < -0.4 is 5.32 Å². The Bertz CT molecular complexity index is 791. The van der Waals surface area contributed by atoms with Crippen molar-refractivity contribution in [2.45, 2.75) is 19.4 Å². The number of nitrogens with zero attached hydrogens (tertiary/aromatic N) is 2. The van der Waals surface area contributed by atoms with Crippen molar-refractivity contribution in [3.05, 3.63) is 41.0 Å². The van der Waals surface area contributed by atoms with Crippen LogP contribution in [0, 0.1) is 5.92 Å². The van der Waals surface area contributed by atoms with Crippen molar-refractivity contribution >= 4 is 23.4 Å². The van der Waals surface area contributed by atoms with Gasteiger partial charge < -0.3 is 15.0 Å². The second kappa shape index (κ2) is 9.01. The maximum Gasteiger partial charge on any atom is 0.225 e. The summed E-state index contributed by atoms with van der Waals surface area (Å²) in [6.07, 6.45) is 2.67. The highest BCUT2D eigenvalue weighted by molar-refractivity contribution is 6.30. The van der Waals surface area contributed by atoms with Crippen LogP contribution in [0.3, 0.4) is 0 Å². The van der Waals surface area contributed by atoms with E-state index in [1.807, 2.05) is 24.3 Å². The smallest absolute Gasteiger partial charge is 0.225 e. The van der Waals surface area contributed by atoms with Crippen molar-refractivity contribution in [1.82, 2.24) is 20.4 Å². The van der Waals surface area contributed by atoms with E-state index in [1.165, 1.54) is 0 Å². The lowest BCUT2D eigenvalue weighted by molar-refractivity contribution is -0.138. The van der Waals surface area contributed by atoms with Crippen LogP contribution >= 0.6 is 11.6 Å². The number of hydrogen-bond donors (Lipinski definition) is 2. The maximum absolute atomic E-state index is 12.6. The number of methoxy groups -OCH3 is 1. The summed E-state index contributed by atoms with van der Waals surface area (Å²) in [5.74, 6) is -0.172. The van der Waals surface area contributed by atoms with Gasteiger partial charge in [0.1, 0.15) is 0 Å². The average Bonchev–Trinajstić information content (AvgIpc) is 3.14. The molecule has 1 atom stereocenters. The van der Waals surface area contributed by atoms with Crippen LogP contribution in [0.2, 0.25) is 5.02 Å². The number of ether oxygens (including phenoxy) is 1. The maximum atomic E-state index is 12.6. The van der Waals surface area contributed by atoms with Gasteiger partial charge in [0.15, 0.2) is 0 Å². The summed E-state index contributed by atoms with van der Waals surface area (Å²) in [5, 5.41) is 10.7. The van der Waals surface area contributed by atoms with Gasteiger partial charge in [-0.05, 0) is 24.1 Å². The molecule has 2 amide bonds. The molecule has 0 spiro atoms. The van der Waals surface area contributed by atoms with Crippen LogP contribution in [0.15, 0.2) is 30.5 Å². The van der Waals surface area contributed by atoms with Gasteiger partial charge in [-0.25, -0.2) is 0 Å². The van der Waals surface area contributed by atoms with E-state index in [1.54, 1.807) is 18.2 Å². The number of benzene rings is 1. The fraction of sp³-hybridized carbons (Fsp3) is 0.421. The average molecular weight is 391 g/mol. The zero-order valence-corrected chi connectivity index (χ0v) is 16.0. The van der Waals surface area contributed by atoms with Gasteiger partial charge >= 0.3 is 0 Å². The van der Waals surface area contributed by atoms with Crippen LogP contribution in [0.5, 0.6) is 0 Å². The third-order valence-corrected chi connectivity index (χ3v) is 4.99. The monoisotopic (exact) mass is 390 g/mol. The summed E-state index contributed by atoms with van der Waals surface area (Å²) in [7, 11) is 1.60. The molecule has 1 aliphatic rings. The zero-order valence-electron chi connectivity index (χ0n) is 15.2. The molecular formula is C19H23ClN4O3. The lowest BCUT2D eigenvalue weighted by atomic mass is 9.96. The number of aromatic amines is 1. The Morgan fingerprint density at radius 2 is 2.19 bits per heavy atom. The minimum absolute atomic E-state index is 0.0480. The fourth-order valence-electron chi connectivity index (χ4n) is 3.18. The molecule has 2 heterocycles. The summed E-state index contributed by atoms with van der Waals surface area (Å²) < 4.78 is 5.03. The lowest BCUT2D eigenvalue weighted by Gasteiger charge is -2.31. The highest BCUT2D eigenvalue weighted by Gasteiger charge is 2.29. The molecule has 27 heavy (non-hydrogen) atoms. The zero-order chi connectivity index (χ0) is 19.2. The van der Waals surface area contributed by atoms with E-state index in [0.29, 0.717) is 44.1 Å². The summed E-state index contributed by atoms with van der Waals surface area (Å²) in [6, 6.07) is 7.44. The molecule has 2 aromatic rings. The molecule has 3 rings (SSSR count). The van der Waals surface area contributed by atoms with Crippen molar-refractivity contribution in [2.75, 3.05) is 26.8 Å². The summed E-state index contributed by atoms with van der Waals surface area (Å²) in [5.41, 5.74) is 2.71. The van der Waals surface area contributed by atoms with Gasteiger partial charge in [-0.15, -0.1) is 0 Å². The number of amides is 2. The quantitative estimate of drug-likeness (QED) is 0.758. The Hall–Kier alpha value is -2.38. The summed E-state index contributed by atoms with van der Waals surface area (Å²) in [6.45, 7) is 1.79. The van der Waals surface area contributed by atoms with Crippen molar-refractivity contribution in [1.29, 1.82) is 0 Å². The number of halogens is 1. The molecule has 1 fully saturated rings. The SMILES string of the molecule is COCCN1CC(C(=O)NCc2cn[nH]c2-c2ccc(Cl)cc2)CCC1=O. The van der Waals surface area contributed by atoms with Crippen molar-refractivity contribution in [3.8, 4) is 11.3 Å². The van der Waals surface area contributed by atoms with Crippen LogP contribution in [0.25, 0.3) is 11.3 Å². The normalized spacial score (nSPS) is 17.2. The van der Waals surface area contributed by atoms with Gasteiger partial charge in [0.2, 0.25) is 11.8 Å². The Kier molecular flexibility index (Phi) is 6.47. The Balaban J connectivity index is 1.59. The third kappa shape index (κ3) is 4.87. The Morgan fingerprint density at radius 1 is 1.41 bits per heavy atom. The van der Waals surface area contributed by atoms with Gasteiger partial charge in [0.05, 0.1) is 24.4 Å². The molecular weight excluding hydrogens is 368 g/mol. The van der Waals surface area contributed by atoms with Gasteiger partial charge in [0.25, 0.3) is 0 Å². The van der Waals surface area contributed by atoms with Crippen LogP contribution in [-0.4, -0.2) is 53.7 Å². The first-order valence-corrected chi connectivity index (χ1v) is 9.29. The van der Waals surface area contributed by atoms with Crippen LogP contribution in [0.4, 0.5) is 0 Å². The first-order chi connectivity index (χ1) is 13.1. The number of rotatable bonds is 7. The second-order valence-electron chi connectivity index (χ2n) is 6.56. The molecule has 7 nitrogen and oxygen atoms in total. The van der Waals surface area contributed by atoms with Crippen LogP contribution in [0.1, 0.15) is 18.4 Å². The number of hydrogen-bond acceptors (Lipinski definition) is 4. The predicted octanol–water partition coefficient (Wildman–Crippen LogP) is 2.23. The number of piperidine rings is 1. The van der Waals surface area contributed by atoms with Crippen LogP contribution in [-0.2, 0) is 20.9 Å². The Labute approximate surface area is 163 Å². The summed E-state index contributed by atoms with van der Waals surface area (Å²) in [4.78, 5) is 26.2. The van der Waals surface area contributed by atoms with E-state index < -0.39 is 0 Å². The van der Waals surface area contributed by atoms with E-state index in [0.717, 1.165) is 16.8 Å². The molecule has 1 aromatic carbocycles. The standard InChI is InChI=1S/C19H23ClN4O3/c1-27-9-8-24-12-14(4-7-17(24)25)19(26)21-10-15-11-22-23-18(15)13-2-5-16(20)6-3-13/h2-3,5-6,11,14H,4,7-10,12H2,1H3,(H,21,26)(H,22,23). The van der Waals surface area contributed by atoms with Crippen molar-refractivity contribution in [3.63, 3.8) is 0 Å². The van der Waals surface area contributed by atoms with Crippen molar-refractivity contribution in [2.24, 2.45) is 5.92 Å². The number of nitrogens with one attached hydrogen (secondary N) is 2. The highest BCUT2D eigenvalue weighted by atomic mass is 35.5. The number of carbonyl (C=O) groups excluding carboxylic acids is 2. The van der Waals surface area contributed by atoms with Crippen molar-refractivity contribution < 1.29 is 14.3 Å². The molecule has 0 bridgehead atoms. The van der Waals surface area contributed by atoms with Gasteiger partial charge in [-0.3, -0.25) is 14.7 Å².